The Hall–Kier alpha value is -2.32. The Kier molecular flexibility index (Phi) is 6.33. The molecule has 3 rings (SSSR count). The third-order valence-corrected chi connectivity index (χ3v) is 6.06. The van der Waals surface area contributed by atoms with Crippen molar-refractivity contribution < 1.29 is 23.8 Å². The molecule has 1 amide bonds. The SMILES string of the molecule is COc1c(Cl)cc(C(=O)Nc2csc(-c3cccc(F)c3)c2C(=O)O)c(Cl)c1Cl. The summed E-state index contributed by atoms with van der Waals surface area (Å²) in [5.74, 6) is -2.39. The van der Waals surface area contributed by atoms with Gasteiger partial charge in [-0.15, -0.1) is 11.3 Å². The Labute approximate surface area is 183 Å². The number of nitrogens with one attached hydrogen (secondary N) is 1. The minimum absolute atomic E-state index is 0.0332. The van der Waals surface area contributed by atoms with Crippen molar-refractivity contribution in [2.45, 2.75) is 0 Å². The number of hydrogen-bond donors (Lipinski definition) is 2. The standard InChI is InChI=1S/C19H11Cl3FNO4S/c1-28-16-11(20)6-10(14(21)15(16)22)18(25)24-12-7-29-17(13(12)19(26)27)8-3-2-4-9(23)5-8/h2-7H,1H3,(H,24,25)(H,26,27). The fourth-order valence-electron chi connectivity index (χ4n) is 2.62. The molecule has 0 unspecified atom stereocenters. The summed E-state index contributed by atoms with van der Waals surface area (Å²) in [7, 11) is 1.35. The summed E-state index contributed by atoms with van der Waals surface area (Å²) in [6, 6.07) is 6.77. The van der Waals surface area contributed by atoms with E-state index in [1.165, 1.54) is 36.8 Å². The molecule has 0 fully saturated rings. The van der Waals surface area contributed by atoms with Crippen molar-refractivity contribution in [3.05, 3.63) is 67.7 Å². The maximum absolute atomic E-state index is 13.5. The molecule has 3 aromatic rings. The molecular weight excluding hydrogens is 464 g/mol. The van der Waals surface area contributed by atoms with Gasteiger partial charge >= 0.3 is 5.97 Å². The largest absolute Gasteiger partial charge is 0.494 e. The third-order valence-electron chi connectivity index (χ3n) is 3.91. The first-order chi connectivity index (χ1) is 13.7. The Balaban J connectivity index is 2.01. The van der Waals surface area contributed by atoms with Crippen molar-refractivity contribution in [1.82, 2.24) is 0 Å². The number of methoxy groups -OCH3 is 1. The van der Waals surface area contributed by atoms with Gasteiger partial charge in [-0.3, -0.25) is 4.79 Å². The van der Waals surface area contributed by atoms with Crippen molar-refractivity contribution in [3.8, 4) is 16.2 Å². The molecule has 150 valence electrons. The molecule has 0 saturated carbocycles. The van der Waals surface area contributed by atoms with Crippen molar-refractivity contribution in [2.24, 2.45) is 0 Å². The van der Waals surface area contributed by atoms with Gasteiger partial charge in [0.05, 0.1) is 33.3 Å². The summed E-state index contributed by atoms with van der Waals surface area (Å²) in [6.07, 6.45) is 0. The lowest BCUT2D eigenvalue weighted by Crippen LogP contribution is -2.15. The highest BCUT2D eigenvalue weighted by Gasteiger charge is 2.24. The summed E-state index contributed by atoms with van der Waals surface area (Å²) < 4.78 is 18.6. The number of carboxylic acid groups (broad SMARTS) is 1. The van der Waals surface area contributed by atoms with Gasteiger partial charge in [0.1, 0.15) is 16.4 Å². The Morgan fingerprint density at radius 3 is 2.52 bits per heavy atom. The number of benzene rings is 2. The molecule has 0 aliphatic rings. The Morgan fingerprint density at radius 1 is 1.17 bits per heavy atom. The van der Waals surface area contributed by atoms with Crippen LogP contribution in [0.1, 0.15) is 20.7 Å². The van der Waals surface area contributed by atoms with Crippen LogP contribution in [0.15, 0.2) is 35.7 Å². The van der Waals surface area contributed by atoms with Gasteiger partial charge in [-0.1, -0.05) is 46.9 Å². The molecule has 10 heteroatoms. The first-order valence-electron chi connectivity index (χ1n) is 7.88. The van der Waals surface area contributed by atoms with Crippen LogP contribution in [0.2, 0.25) is 15.1 Å². The molecule has 1 aromatic heterocycles. The summed E-state index contributed by atoms with van der Waals surface area (Å²) in [6.45, 7) is 0. The summed E-state index contributed by atoms with van der Waals surface area (Å²) in [4.78, 5) is 24.8. The van der Waals surface area contributed by atoms with E-state index < -0.39 is 17.7 Å². The molecule has 0 atom stereocenters. The van der Waals surface area contributed by atoms with Crippen LogP contribution >= 0.6 is 46.1 Å². The zero-order valence-electron chi connectivity index (χ0n) is 14.6. The lowest BCUT2D eigenvalue weighted by molar-refractivity contribution is 0.0699. The fraction of sp³-hybridized carbons (Fsp3) is 0.0526. The van der Waals surface area contributed by atoms with Crippen LogP contribution in [0.3, 0.4) is 0 Å². The second kappa shape index (κ2) is 8.59. The number of anilines is 1. The summed E-state index contributed by atoms with van der Waals surface area (Å²) in [5, 5.41) is 13.5. The maximum atomic E-state index is 13.5. The van der Waals surface area contributed by atoms with Gasteiger partial charge in [0.25, 0.3) is 5.91 Å². The maximum Gasteiger partial charge on any atom is 0.339 e. The zero-order chi connectivity index (χ0) is 21.3. The second-order valence-electron chi connectivity index (χ2n) is 5.69. The lowest BCUT2D eigenvalue weighted by Gasteiger charge is -2.12. The molecule has 2 N–H and O–H groups in total. The molecule has 2 aromatic carbocycles. The highest BCUT2D eigenvalue weighted by atomic mass is 35.5. The van der Waals surface area contributed by atoms with Crippen LogP contribution in [-0.4, -0.2) is 24.1 Å². The first kappa shape index (κ1) is 21.4. The topological polar surface area (TPSA) is 75.6 Å². The van der Waals surface area contributed by atoms with Crippen molar-refractivity contribution in [2.75, 3.05) is 12.4 Å². The number of thiophene rings is 1. The Bertz CT molecular complexity index is 1130. The number of carbonyl (C=O) groups is 2. The van der Waals surface area contributed by atoms with Crippen LogP contribution in [-0.2, 0) is 0 Å². The molecule has 0 saturated heterocycles. The van der Waals surface area contributed by atoms with E-state index in [1.54, 1.807) is 6.07 Å². The number of hydrogen-bond acceptors (Lipinski definition) is 4. The van der Waals surface area contributed by atoms with Gasteiger partial charge < -0.3 is 15.2 Å². The summed E-state index contributed by atoms with van der Waals surface area (Å²) >= 11 is 19.3. The van der Waals surface area contributed by atoms with Gasteiger partial charge in [-0.25, -0.2) is 9.18 Å². The molecule has 29 heavy (non-hydrogen) atoms. The van der Waals surface area contributed by atoms with E-state index in [4.69, 9.17) is 39.5 Å². The number of carboxylic acids is 1. The smallest absolute Gasteiger partial charge is 0.339 e. The minimum Gasteiger partial charge on any atom is -0.494 e. The molecule has 0 spiro atoms. The lowest BCUT2D eigenvalue weighted by atomic mass is 10.1. The van der Waals surface area contributed by atoms with E-state index in [9.17, 15) is 19.1 Å². The number of amides is 1. The average Bonchev–Trinajstić information content (AvgIpc) is 3.09. The third kappa shape index (κ3) is 4.18. The number of ether oxygens (including phenoxy) is 1. The van der Waals surface area contributed by atoms with Crippen LogP contribution in [0.4, 0.5) is 10.1 Å². The molecule has 1 heterocycles. The minimum atomic E-state index is -1.28. The van der Waals surface area contributed by atoms with Gasteiger partial charge in [0, 0.05) is 5.38 Å². The summed E-state index contributed by atoms with van der Waals surface area (Å²) in [5.41, 5.74) is 0.181. The van der Waals surface area contributed by atoms with Crippen LogP contribution in [0, 0.1) is 5.82 Å². The number of rotatable bonds is 5. The number of aromatic carboxylic acids is 1. The molecule has 5 nitrogen and oxygen atoms in total. The molecule has 0 radical (unpaired) electrons. The van der Waals surface area contributed by atoms with E-state index >= 15 is 0 Å². The van der Waals surface area contributed by atoms with E-state index in [-0.39, 0.29) is 37.6 Å². The molecule has 0 bridgehead atoms. The first-order valence-corrected chi connectivity index (χ1v) is 9.89. The van der Waals surface area contributed by atoms with E-state index in [0.29, 0.717) is 10.4 Å². The van der Waals surface area contributed by atoms with Gasteiger partial charge in [0.15, 0.2) is 5.75 Å². The number of halogens is 4. The molecule has 0 aliphatic carbocycles. The predicted octanol–water partition coefficient (Wildman–Crippen LogP) is 6.47. The van der Waals surface area contributed by atoms with Crippen LogP contribution < -0.4 is 10.1 Å². The second-order valence-corrected chi connectivity index (χ2v) is 7.73. The van der Waals surface area contributed by atoms with Crippen LogP contribution in [0.25, 0.3) is 10.4 Å². The van der Waals surface area contributed by atoms with E-state index in [1.807, 2.05) is 0 Å². The Morgan fingerprint density at radius 2 is 1.90 bits per heavy atom. The fourth-order valence-corrected chi connectivity index (χ4v) is 4.45. The van der Waals surface area contributed by atoms with Crippen molar-refractivity contribution in [1.29, 1.82) is 0 Å². The van der Waals surface area contributed by atoms with Gasteiger partial charge in [-0.2, -0.15) is 0 Å². The zero-order valence-corrected chi connectivity index (χ0v) is 17.6. The predicted molar refractivity (Wildman–Crippen MR) is 113 cm³/mol. The van der Waals surface area contributed by atoms with Crippen LogP contribution in [0.5, 0.6) is 5.75 Å². The molecule has 0 aliphatic heterocycles. The highest BCUT2D eigenvalue weighted by Crippen LogP contribution is 2.41. The monoisotopic (exact) mass is 473 g/mol. The quantitative estimate of drug-likeness (QED) is 0.415. The highest BCUT2D eigenvalue weighted by molar-refractivity contribution is 7.14. The van der Waals surface area contributed by atoms with E-state index in [0.717, 1.165) is 11.3 Å². The van der Waals surface area contributed by atoms with Crippen molar-refractivity contribution >= 4 is 63.7 Å². The van der Waals surface area contributed by atoms with E-state index in [2.05, 4.69) is 5.32 Å². The number of carbonyl (C=O) groups excluding carboxylic acids is 1. The average molecular weight is 475 g/mol. The molecular formula is C19H11Cl3FNO4S. The van der Waals surface area contributed by atoms with Crippen molar-refractivity contribution in [3.63, 3.8) is 0 Å². The van der Waals surface area contributed by atoms with Gasteiger partial charge in [-0.05, 0) is 23.8 Å². The van der Waals surface area contributed by atoms with Gasteiger partial charge in [0.2, 0.25) is 0 Å². The normalized spacial score (nSPS) is 10.7.